The zero-order valence-corrected chi connectivity index (χ0v) is 19.2. The third-order valence-electron chi connectivity index (χ3n) is 5.47. The maximum atomic E-state index is 5.72. The van der Waals surface area contributed by atoms with E-state index in [0.717, 1.165) is 37.8 Å². The topological polar surface area (TPSA) is 108 Å². The Kier molecular flexibility index (Phi) is 9.32. The summed E-state index contributed by atoms with van der Waals surface area (Å²) in [5, 5.41) is 3.03. The SMILES string of the molecule is CC(C)(c1ccc(OCC2CO2)cc1)c1ccc(OCC2CO2)cc1.NCCNCCN. The first-order chi connectivity index (χ1) is 15.5. The summed E-state index contributed by atoms with van der Waals surface area (Å²) in [5.41, 5.74) is 12.7. The standard InChI is InChI=1S/C21H24O4.C4H13N3/c1-21(2,15-3-7-17(8-4-15)22-11-19-13-24-19)16-5-9-18(10-6-16)23-12-20-14-25-20;5-1-3-7-4-2-6/h3-10,19-20H,11-14H2,1-2H3;7H,1-6H2. The van der Waals surface area contributed by atoms with Crippen molar-refractivity contribution < 1.29 is 18.9 Å². The van der Waals surface area contributed by atoms with Crippen molar-refractivity contribution in [3.63, 3.8) is 0 Å². The predicted molar refractivity (Wildman–Crippen MR) is 126 cm³/mol. The lowest BCUT2D eigenvalue weighted by Crippen LogP contribution is -2.27. The number of hydrogen-bond donors (Lipinski definition) is 3. The zero-order chi connectivity index (χ0) is 22.8. The molecular weight excluding hydrogens is 406 g/mol. The van der Waals surface area contributed by atoms with E-state index in [0.29, 0.717) is 26.3 Å². The normalized spacial score (nSPS) is 19.0. The Morgan fingerprint density at radius 1 is 0.781 bits per heavy atom. The summed E-state index contributed by atoms with van der Waals surface area (Å²) in [6.07, 6.45) is 0.562. The summed E-state index contributed by atoms with van der Waals surface area (Å²) >= 11 is 0. The highest BCUT2D eigenvalue weighted by Crippen LogP contribution is 2.33. The van der Waals surface area contributed by atoms with Crippen LogP contribution in [0.1, 0.15) is 25.0 Å². The Morgan fingerprint density at radius 2 is 1.16 bits per heavy atom. The smallest absolute Gasteiger partial charge is 0.119 e. The second kappa shape index (κ2) is 12.2. The van der Waals surface area contributed by atoms with E-state index in [-0.39, 0.29) is 17.6 Å². The highest BCUT2D eigenvalue weighted by Gasteiger charge is 2.25. The van der Waals surface area contributed by atoms with Gasteiger partial charge in [-0.15, -0.1) is 0 Å². The molecule has 0 bridgehead atoms. The first-order valence-electron chi connectivity index (χ1n) is 11.3. The minimum Gasteiger partial charge on any atom is -0.491 e. The third-order valence-corrected chi connectivity index (χ3v) is 5.47. The lowest BCUT2D eigenvalue weighted by atomic mass is 9.78. The Morgan fingerprint density at radius 3 is 1.47 bits per heavy atom. The highest BCUT2D eigenvalue weighted by atomic mass is 16.6. The number of hydrogen-bond acceptors (Lipinski definition) is 7. The van der Waals surface area contributed by atoms with Gasteiger partial charge in [0.05, 0.1) is 13.2 Å². The number of nitrogens with one attached hydrogen (secondary N) is 1. The van der Waals surface area contributed by atoms with Crippen molar-refractivity contribution in [3.8, 4) is 11.5 Å². The second-order valence-corrected chi connectivity index (χ2v) is 8.53. The van der Waals surface area contributed by atoms with Crippen LogP contribution in [0.5, 0.6) is 11.5 Å². The van der Waals surface area contributed by atoms with Crippen LogP contribution in [0.4, 0.5) is 0 Å². The molecule has 2 unspecified atom stereocenters. The molecule has 2 aromatic carbocycles. The Labute approximate surface area is 191 Å². The lowest BCUT2D eigenvalue weighted by Gasteiger charge is -2.26. The monoisotopic (exact) mass is 443 g/mol. The molecule has 0 aliphatic carbocycles. The van der Waals surface area contributed by atoms with Gasteiger partial charge >= 0.3 is 0 Å². The number of benzene rings is 2. The van der Waals surface area contributed by atoms with Gasteiger partial charge in [-0.05, 0) is 35.4 Å². The summed E-state index contributed by atoms with van der Waals surface area (Å²) < 4.78 is 21.8. The van der Waals surface area contributed by atoms with Crippen molar-refractivity contribution in [2.45, 2.75) is 31.5 Å². The molecule has 32 heavy (non-hydrogen) atoms. The number of ether oxygens (including phenoxy) is 4. The quantitative estimate of drug-likeness (QED) is 0.340. The van der Waals surface area contributed by atoms with Gasteiger partial charge in [0.25, 0.3) is 0 Å². The fourth-order valence-electron chi connectivity index (χ4n) is 3.14. The molecule has 2 fully saturated rings. The van der Waals surface area contributed by atoms with Crippen molar-refractivity contribution >= 4 is 0 Å². The average molecular weight is 444 g/mol. The maximum Gasteiger partial charge on any atom is 0.119 e. The van der Waals surface area contributed by atoms with E-state index in [9.17, 15) is 0 Å². The van der Waals surface area contributed by atoms with Gasteiger partial charge in [0.1, 0.15) is 36.9 Å². The number of rotatable bonds is 12. The molecule has 0 radical (unpaired) electrons. The van der Waals surface area contributed by atoms with E-state index in [1.54, 1.807) is 0 Å². The summed E-state index contributed by atoms with van der Waals surface area (Å²) in [4.78, 5) is 0. The van der Waals surface area contributed by atoms with Gasteiger partial charge in [-0.1, -0.05) is 38.1 Å². The molecule has 2 aliphatic heterocycles. The summed E-state index contributed by atoms with van der Waals surface area (Å²) in [5.74, 6) is 1.78. The molecule has 0 amide bonds. The van der Waals surface area contributed by atoms with Gasteiger partial charge in [-0.3, -0.25) is 0 Å². The van der Waals surface area contributed by atoms with Crippen molar-refractivity contribution in [2.75, 3.05) is 52.6 Å². The lowest BCUT2D eigenvalue weighted by molar-refractivity contribution is 0.263. The molecule has 2 saturated heterocycles. The Bertz CT molecular complexity index is 722. The third kappa shape index (κ3) is 8.07. The van der Waals surface area contributed by atoms with Crippen molar-refractivity contribution in [2.24, 2.45) is 11.5 Å². The van der Waals surface area contributed by atoms with Crippen LogP contribution in [0, 0.1) is 0 Å². The molecular formula is C25H37N3O4. The average Bonchev–Trinajstić information content (AvgIpc) is 3.73. The minimum atomic E-state index is -0.0870. The van der Waals surface area contributed by atoms with E-state index in [4.69, 9.17) is 30.4 Å². The molecule has 176 valence electrons. The first-order valence-corrected chi connectivity index (χ1v) is 11.3. The number of epoxide rings is 2. The van der Waals surface area contributed by atoms with Crippen LogP contribution < -0.4 is 26.3 Å². The summed E-state index contributed by atoms with van der Waals surface area (Å²) in [6.45, 7) is 10.5. The van der Waals surface area contributed by atoms with E-state index in [1.807, 2.05) is 24.3 Å². The van der Waals surface area contributed by atoms with Crippen LogP contribution in [-0.4, -0.2) is 64.8 Å². The second-order valence-electron chi connectivity index (χ2n) is 8.53. The molecule has 0 saturated carbocycles. The molecule has 4 rings (SSSR count). The van der Waals surface area contributed by atoms with Gasteiger partial charge in [0.2, 0.25) is 0 Å². The zero-order valence-electron chi connectivity index (χ0n) is 19.2. The van der Waals surface area contributed by atoms with E-state index in [2.05, 4.69) is 43.4 Å². The van der Waals surface area contributed by atoms with Gasteiger partial charge < -0.3 is 35.7 Å². The van der Waals surface area contributed by atoms with Gasteiger partial charge in [-0.25, -0.2) is 0 Å². The van der Waals surface area contributed by atoms with Crippen LogP contribution in [0.3, 0.4) is 0 Å². The number of nitrogens with two attached hydrogens (primary N) is 2. The summed E-state index contributed by atoms with van der Waals surface area (Å²) in [6, 6.07) is 16.7. The van der Waals surface area contributed by atoms with E-state index < -0.39 is 0 Å². The Hall–Kier alpha value is -2.16. The van der Waals surface area contributed by atoms with Gasteiger partial charge in [-0.2, -0.15) is 0 Å². The largest absolute Gasteiger partial charge is 0.491 e. The van der Waals surface area contributed by atoms with Crippen LogP contribution in [0.2, 0.25) is 0 Å². The highest BCUT2D eigenvalue weighted by molar-refractivity contribution is 5.41. The fraction of sp³-hybridized carbons (Fsp3) is 0.520. The van der Waals surface area contributed by atoms with Gasteiger partial charge in [0, 0.05) is 31.6 Å². The predicted octanol–water partition coefficient (Wildman–Crippen LogP) is 2.06. The van der Waals surface area contributed by atoms with Crippen molar-refractivity contribution in [3.05, 3.63) is 59.7 Å². The Balaban J connectivity index is 0.000000360. The molecule has 2 aliphatic rings. The van der Waals surface area contributed by atoms with E-state index in [1.165, 1.54) is 11.1 Å². The molecule has 0 spiro atoms. The summed E-state index contributed by atoms with van der Waals surface area (Å²) in [7, 11) is 0. The fourth-order valence-corrected chi connectivity index (χ4v) is 3.14. The molecule has 7 nitrogen and oxygen atoms in total. The molecule has 2 atom stereocenters. The molecule has 5 N–H and O–H groups in total. The molecule has 0 aromatic heterocycles. The molecule has 2 aromatic rings. The molecule has 7 heteroatoms. The van der Waals surface area contributed by atoms with Crippen LogP contribution in [0.15, 0.2) is 48.5 Å². The van der Waals surface area contributed by atoms with Crippen molar-refractivity contribution in [1.29, 1.82) is 0 Å². The maximum absolute atomic E-state index is 5.72. The molecule has 2 heterocycles. The van der Waals surface area contributed by atoms with Crippen LogP contribution >= 0.6 is 0 Å². The van der Waals surface area contributed by atoms with Gasteiger partial charge in [0.15, 0.2) is 0 Å². The minimum absolute atomic E-state index is 0.0870. The van der Waals surface area contributed by atoms with Crippen LogP contribution in [-0.2, 0) is 14.9 Å². The van der Waals surface area contributed by atoms with Crippen LogP contribution in [0.25, 0.3) is 0 Å². The van der Waals surface area contributed by atoms with Crippen molar-refractivity contribution in [1.82, 2.24) is 5.32 Å². The first kappa shape index (κ1) is 24.5. The van der Waals surface area contributed by atoms with E-state index >= 15 is 0 Å².